The molecule has 5 rings (SSSR count). The van der Waals surface area contributed by atoms with Gasteiger partial charge in [0.1, 0.15) is 24.4 Å². The first-order chi connectivity index (χ1) is 17.1. The third kappa shape index (κ3) is 5.12. The van der Waals surface area contributed by atoms with E-state index in [2.05, 4.69) is 32.1 Å². The van der Waals surface area contributed by atoms with Gasteiger partial charge in [-0.2, -0.15) is 4.37 Å². The zero-order valence-corrected chi connectivity index (χ0v) is 22.3. The van der Waals surface area contributed by atoms with Gasteiger partial charge in [0.15, 0.2) is 0 Å². The number of benzene rings is 2. The fourth-order valence-electron chi connectivity index (χ4n) is 5.37. The molecule has 1 N–H and O–H groups in total. The van der Waals surface area contributed by atoms with Crippen molar-refractivity contribution in [3.05, 3.63) is 65.0 Å². The topological polar surface area (TPSA) is 84.4 Å². The lowest BCUT2D eigenvalue weighted by molar-refractivity contribution is 0.0768. The quantitative estimate of drug-likeness (QED) is 0.465. The fraction of sp³-hybridized carbons (Fsp3) is 0.462. The molecular weight excluding hydrogens is 499 g/mol. The van der Waals surface area contributed by atoms with E-state index in [4.69, 9.17) is 4.74 Å². The van der Waals surface area contributed by atoms with Crippen LogP contribution in [0, 0.1) is 0 Å². The molecule has 0 aliphatic carbocycles. The fourth-order valence-corrected chi connectivity index (χ4v) is 7.04. The van der Waals surface area contributed by atoms with E-state index in [1.165, 1.54) is 17.5 Å². The Morgan fingerprint density at radius 1 is 1.14 bits per heavy atom. The minimum absolute atomic E-state index is 0.0138. The average Bonchev–Trinajstić information content (AvgIpc) is 3.35. The number of halogens is 1. The molecule has 2 aliphatic rings. The molecule has 1 aromatic heterocycles. The Labute approximate surface area is 215 Å². The van der Waals surface area contributed by atoms with E-state index in [0.717, 1.165) is 49.4 Å². The van der Waals surface area contributed by atoms with Crippen molar-refractivity contribution in [2.75, 3.05) is 24.9 Å². The highest BCUT2D eigenvalue weighted by molar-refractivity contribution is 7.93. The highest BCUT2D eigenvalue weighted by atomic mass is 32.2. The van der Waals surface area contributed by atoms with Gasteiger partial charge in [0.25, 0.3) is 10.0 Å². The van der Waals surface area contributed by atoms with Crippen molar-refractivity contribution in [1.82, 2.24) is 14.3 Å². The first-order valence-electron chi connectivity index (χ1n) is 12.1. The van der Waals surface area contributed by atoms with Gasteiger partial charge < -0.3 is 9.64 Å². The van der Waals surface area contributed by atoms with E-state index in [1.54, 1.807) is 12.1 Å². The molecule has 0 bridgehead atoms. The van der Waals surface area contributed by atoms with Crippen LogP contribution < -0.4 is 9.46 Å². The lowest BCUT2D eigenvalue weighted by Gasteiger charge is -2.40. The van der Waals surface area contributed by atoms with E-state index >= 15 is 0 Å². The molecule has 0 saturated carbocycles. The summed E-state index contributed by atoms with van der Waals surface area (Å²) < 4.78 is 52.3. The minimum Gasteiger partial charge on any atom is -0.487 e. The number of anilines is 1. The van der Waals surface area contributed by atoms with Crippen molar-refractivity contribution >= 4 is 26.7 Å². The molecule has 1 atom stereocenters. The van der Waals surface area contributed by atoms with Crippen LogP contribution in [0.5, 0.6) is 5.75 Å². The van der Waals surface area contributed by atoms with E-state index in [1.807, 2.05) is 32.0 Å². The summed E-state index contributed by atoms with van der Waals surface area (Å²) in [7, 11) is -1.71. The maximum atomic E-state index is 13.7. The summed E-state index contributed by atoms with van der Waals surface area (Å²) >= 11 is 0.976. The van der Waals surface area contributed by atoms with Crippen LogP contribution in [0.4, 0.5) is 9.52 Å². The molecular formula is C26H31FN4O3S2. The van der Waals surface area contributed by atoms with Crippen LogP contribution in [0.2, 0.25) is 0 Å². The van der Waals surface area contributed by atoms with Crippen molar-refractivity contribution in [1.29, 1.82) is 0 Å². The summed E-state index contributed by atoms with van der Waals surface area (Å²) in [4.78, 5) is 6.36. The number of aromatic nitrogens is 2. The van der Waals surface area contributed by atoms with Crippen molar-refractivity contribution in [3.63, 3.8) is 0 Å². The van der Waals surface area contributed by atoms with Crippen molar-refractivity contribution in [3.8, 4) is 5.75 Å². The van der Waals surface area contributed by atoms with Gasteiger partial charge in [-0.3, -0.25) is 4.72 Å². The molecule has 7 nitrogen and oxygen atoms in total. The number of rotatable bonds is 6. The van der Waals surface area contributed by atoms with Crippen LogP contribution in [-0.4, -0.2) is 48.4 Å². The summed E-state index contributed by atoms with van der Waals surface area (Å²) in [6.45, 7) is 5.59. The molecule has 0 unspecified atom stereocenters. The van der Waals surface area contributed by atoms with E-state index in [9.17, 15) is 12.8 Å². The van der Waals surface area contributed by atoms with Crippen LogP contribution in [0.25, 0.3) is 0 Å². The molecule has 0 spiro atoms. The second-order valence-electron chi connectivity index (χ2n) is 10.3. The monoisotopic (exact) mass is 530 g/mol. The Kier molecular flexibility index (Phi) is 6.78. The highest BCUT2D eigenvalue weighted by Crippen LogP contribution is 2.47. The Morgan fingerprint density at radius 3 is 2.58 bits per heavy atom. The van der Waals surface area contributed by atoms with Crippen LogP contribution in [0.15, 0.2) is 47.6 Å². The second-order valence-corrected chi connectivity index (χ2v) is 12.8. The highest BCUT2D eigenvalue weighted by Gasteiger charge is 2.37. The number of hydrogen-bond acceptors (Lipinski definition) is 7. The summed E-state index contributed by atoms with van der Waals surface area (Å²) in [5.41, 5.74) is 3.54. The molecule has 36 heavy (non-hydrogen) atoms. The first-order valence-corrected chi connectivity index (χ1v) is 14.4. The summed E-state index contributed by atoms with van der Waals surface area (Å²) in [6.07, 6.45) is 4.12. The molecule has 3 heterocycles. The Balaban J connectivity index is 1.55. The van der Waals surface area contributed by atoms with E-state index < -0.39 is 22.3 Å². The van der Waals surface area contributed by atoms with Gasteiger partial charge in [0, 0.05) is 29.1 Å². The number of likely N-dealkylation sites (tertiary alicyclic amines) is 1. The van der Waals surface area contributed by atoms with Crippen LogP contribution >= 0.6 is 11.5 Å². The van der Waals surface area contributed by atoms with Crippen molar-refractivity contribution in [2.24, 2.45) is 0 Å². The molecule has 1 fully saturated rings. The Bertz CT molecular complexity index is 1340. The molecule has 10 heteroatoms. The lowest BCUT2D eigenvalue weighted by atomic mass is 9.75. The Hall–Kier alpha value is -2.56. The first kappa shape index (κ1) is 25.1. The number of piperidine rings is 1. The molecule has 2 aromatic carbocycles. The number of nitrogens with zero attached hydrogens (tertiary/aromatic N) is 3. The number of sulfonamides is 1. The van der Waals surface area contributed by atoms with E-state index in [0.29, 0.717) is 17.2 Å². The predicted molar refractivity (Wildman–Crippen MR) is 139 cm³/mol. The molecule has 0 radical (unpaired) electrons. The third-order valence-electron chi connectivity index (χ3n) is 7.17. The van der Waals surface area contributed by atoms with Gasteiger partial charge in [0.2, 0.25) is 5.13 Å². The van der Waals surface area contributed by atoms with Gasteiger partial charge >= 0.3 is 0 Å². The summed E-state index contributed by atoms with van der Waals surface area (Å²) in [5.74, 6) is 0.938. The zero-order chi connectivity index (χ0) is 25.5. The molecule has 2 aliphatic heterocycles. The van der Waals surface area contributed by atoms with Crippen LogP contribution in [0.1, 0.15) is 67.2 Å². The Morgan fingerprint density at radius 2 is 1.89 bits per heavy atom. The van der Waals surface area contributed by atoms with Crippen LogP contribution in [-0.2, 0) is 16.7 Å². The van der Waals surface area contributed by atoms with Gasteiger partial charge in [-0.25, -0.2) is 17.8 Å². The number of nitrogens with one attached hydrogen (secondary N) is 1. The normalized spacial score (nSPS) is 20.5. The number of ether oxygens (including phenoxy) is 1. The lowest BCUT2D eigenvalue weighted by Crippen LogP contribution is -2.36. The number of hydrogen-bond donors (Lipinski definition) is 1. The second kappa shape index (κ2) is 9.72. The van der Waals surface area contributed by atoms with Crippen molar-refractivity contribution < 1.29 is 17.5 Å². The van der Waals surface area contributed by atoms with Gasteiger partial charge in [-0.1, -0.05) is 24.3 Å². The maximum Gasteiger partial charge on any atom is 0.263 e. The largest absolute Gasteiger partial charge is 0.487 e. The zero-order valence-electron chi connectivity index (χ0n) is 20.7. The number of alkyl halides is 1. The molecule has 0 amide bonds. The smallest absolute Gasteiger partial charge is 0.263 e. The molecule has 3 aromatic rings. The molecule has 192 valence electrons. The predicted octanol–water partition coefficient (Wildman–Crippen LogP) is 5.31. The summed E-state index contributed by atoms with van der Waals surface area (Å²) in [5, 5.41) is 0.211. The van der Waals surface area contributed by atoms with E-state index in [-0.39, 0.29) is 15.9 Å². The third-order valence-corrected chi connectivity index (χ3v) is 9.22. The summed E-state index contributed by atoms with van der Waals surface area (Å²) in [6, 6.07) is 11.0. The van der Waals surface area contributed by atoms with Crippen molar-refractivity contribution in [2.45, 2.75) is 62.1 Å². The van der Waals surface area contributed by atoms with Crippen LogP contribution in [0.3, 0.4) is 0 Å². The number of fused-ring (bicyclic) bond motifs is 1. The van der Waals surface area contributed by atoms with Gasteiger partial charge in [-0.05, 0) is 81.9 Å². The van der Waals surface area contributed by atoms with Gasteiger partial charge in [0.05, 0.1) is 4.90 Å². The van der Waals surface area contributed by atoms with Gasteiger partial charge in [-0.15, -0.1) is 0 Å². The minimum atomic E-state index is -3.84. The average molecular weight is 531 g/mol. The molecule has 1 saturated heterocycles. The SMILES string of the molecule is CN1CCC(c2cc(CF)ccc2[C@@H]2CC(C)(C)Oc3cc(S(=O)(=O)Nc4ncns4)ccc32)CC1. The standard InChI is InChI=1S/C26H31FN4O3S2/c1-26(2)14-23(20-6-4-17(15-27)12-22(20)18-8-10-31(3)11-9-18)21-7-5-19(13-24(21)34-26)36(32,33)30-25-28-16-29-35-25/h4-7,12-13,16,18,23H,8-11,14-15H2,1-3H3,(H,28,29,30)/t23-/m0/s1. The maximum absolute atomic E-state index is 13.7.